The summed E-state index contributed by atoms with van der Waals surface area (Å²) in [6.07, 6.45) is 2.43. The fourth-order valence-corrected chi connectivity index (χ4v) is 5.33. The molecular weight excluding hydrogens is 396 g/mol. The van der Waals surface area contributed by atoms with Crippen molar-refractivity contribution in [1.29, 1.82) is 0 Å². The normalized spacial score (nSPS) is 20.2. The molecule has 1 aromatic carbocycles. The summed E-state index contributed by atoms with van der Waals surface area (Å²) in [7, 11) is 0. The third-order valence-electron chi connectivity index (χ3n) is 7.45. The van der Waals surface area contributed by atoms with Gasteiger partial charge >= 0.3 is 0 Å². The number of piperazine rings is 1. The minimum atomic E-state index is 0.162. The standard InChI is InChI=1S/C27H40N4O/c1-26(2)11-12-27(3,4)25-21(7-5-8-22(25)26)23-9-6-10-24(29-23)31-18-16-30(17-19-31)15-13-28-14-20-32/h5-10,28,32H,11-20H2,1-4H3. The molecule has 2 aromatic rings. The lowest BCUT2D eigenvalue weighted by Gasteiger charge is -2.43. The molecule has 2 aliphatic rings. The summed E-state index contributed by atoms with van der Waals surface area (Å²) >= 11 is 0. The molecule has 0 spiro atoms. The quantitative estimate of drug-likeness (QED) is 0.647. The molecule has 174 valence electrons. The van der Waals surface area contributed by atoms with Crippen LogP contribution in [0.3, 0.4) is 0 Å². The topological polar surface area (TPSA) is 51.6 Å². The van der Waals surface area contributed by atoms with Gasteiger partial charge in [0.05, 0.1) is 12.3 Å². The number of fused-ring (bicyclic) bond motifs is 1. The molecule has 1 aliphatic heterocycles. The second kappa shape index (κ2) is 9.50. The number of nitrogens with zero attached hydrogens (tertiary/aromatic N) is 3. The van der Waals surface area contributed by atoms with Crippen molar-refractivity contribution in [3.05, 3.63) is 47.5 Å². The average Bonchev–Trinajstić information content (AvgIpc) is 2.80. The van der Waals surface area contributed by atoms with Crippen molar-refractivity contribution in [2.45, 2.75) is 51.4 Å². The highest BCUT2D eigenvalue weighted by Crippen LogP contribution is 2.49. The van der Waals surface area contributed by atoms with Gasteiger partial charge in [-0.25, -0.2) is 4.98 Å². The summed E-state index contributed by atoms with van der Waals surface area (Å²) in [6.45, 7) is 16.5. The van der Waals surface area contributed by atoms with Crippen LogP contribution in [0, 0.1) is 0 Å². The summed E-state index contributed by atoms with van der Waals surface area (Å²) in [5.74, 6) is 1.09. The van der Waals surface area contributed by atoms with Gasteiger partial charge in [0.1, 0.15) is 5.82 Å². The number of benzene rings is 1. The van der Waals surface area contributed by atoms with E-state index < -0.39 is 0 Å². The Morgan fingerprint density at radius 1 is 0.906 bits per heavy atom. The van der Waals surface area contributed by atoms with Gasteiger partial charge in [-0.15, -0.1) is 0 Å². The Labute approximate surface area is 193 Å². The van der Waals surface area contributed by atoms with Crippen molar-refractivity contribution in [2.24, 2.45) is 0 Å². The molecule has 1 saturated heterocycles. The molecule has 0 atom stereocenters. The number of anilines is 1. The maximum atomic E-state index is 8.90. The van der Waals surface area contributed by atoms with Crippen molar-refractivity contribution < 1.29 is 5.11 Å². The van der Waals surface area contributed by atoms with Crippen LogP contribution < -0.4 is 10.2 Å². The molecule has 5 heteroatoms. The van der Waals surface area contributed by atoms with Crippen LogP contribution in [-0.4, -0.2) is 67.4 Å². The first-order chi connectivity index (χ1) is 15.3. The van der Waals surface area contributed by atoms with Crippen molar-refractivity contribution in [1.82, 2.24) is 15.2 Å². The van der Waals surface area contributed by atoms with E-state index in [1.807, 2.05) is 0 Å². The summed E-state index contributed by atoms with van der Waals surface area (Å²) in [5.41, 5.74) is 5.75. The molecule has 0 saturated carbocycles. The number of rotatable bonds is 7. The molecule has 0 bridgehead atoms. The van der Waals surface area contributed by atoms with E-state index in [1.165, 1.54) is 29.5 Å². The van der Waals surface area contributed by atoms with Crippen LogP contribution in [0.1, 0.15) is 51.7 Å². The van der Waals surface area contributed by atoms with E-state index in [-0.39, 0.29) is 17.4 Å². The van der Waals surface area contributed by atoms with Crippen LogP contribution in [0.2, 0.25) is 0 Å². The fraction of sp³-hybridized carbons (Fsp3) is 0.593. The third-order valence-corrected chi connectivity index (χ3v) is 7.45. The number of hydrogen-bond acceptors (Lipinski definition) is 5. The second-order valence-electron chi connectivity index (χ2n) is 10.7. The van der Waals surface area contributed by atoms with Crippen LogP contribution in [0.15, 0.2) is 36.4 Å². The first-order valence-corrected chi connectivity index (χ1v) is 12.2. The van der Waals surface area contributed by atoms with Crippen LogP contribution in [0.4, 0.5) is 5.82 Å². The lowest BCUT2D eigenvalue weighted by molar-refractivity contribution is 0.248. The van der Waals surface area contributed by atoms with Gasteiger partial charge in [-0.2, -0.15) is 0 Å². The van der Waals surface area contributed by atoms with E-state index in [0.29, 0.717) is 6.54 Å². The lowest BCUT2D eigenvalue weighted by Crippen LogP contribution is -2.48. The van der Waals surface area contributed by atoms with Gasteiger partial charge in [0, 0.05) is 51.4 Å². The van der Waals surface area contributed by atoms with E-state index in [4.69, 9.17) is 10.1 Å². The second-order valence-corrected chi connectivity index (χ2v) is 10.7. The molecule has 4 rings (SSSR count). The Morgan fingerprint density at radius 2 is 1.62 bits per heavy atom. The summed E-state index contributed by atoms with van der Waals surface area (Å²) < 4.78 is 0. The zero-order chi connectivity index (χ0) is 22.8. The minimum absolute atomic E-state index is 0.162. The number of aliphatic hydroxyl groups excluding tert-OH is 1. The van der Waals surface area contributed by atoms with Crippen LogP contribution in [0.5, 0.6) is 0 Å². The molecule has 2 heterocycles. The van der Waals surface area contributed by atoms with Crippen molar-refractivity contribution >= 4 is 5.82 Å². The highest BCUT2D eigenvalue weighted by Gasteiger charge is 2.38. The van der Waals surface area contributed by atoms with Crippen LogP contribution in [-0.2, 0) is 10.8 Å². The maximum absolute atomic E-state index is 8.90. The molecule has 0 radical (unpaired) electrons. The fourth-order valence-electron chi connectivity index (χ4n) is 5.33. The van der Waals surface area contributed by atoms with Crippen molar-refractivity contribution in [2.75, 3.05) is 57.3 Å². The summed E-state index contributed by atoms with van der Waals surface area (Å²) in [4.78, 5) is 10.1. The summed E-state index contributed by atoms with van der Waals surface area (Å²) in [5, 5.41) is 12.2. The largest absolute Gasteiger partial charge is 0.395 e. The zero-order valence-corrected chi connectivity index (χ0v) is 20.3. The number of aliphatic hydroxyl groups is 1. The molecule has 0 unspecified atom stereocenters. The highest BCUT2D eigenvalue weighted by atomic mass is 16.3. The van der Waals surface area contributed by atoms with Crippen LogP contribution >= 0.6 is 0 Å². The monoisotopic (exact) mass is 436 g/mol. The predicted molar refractivity (Wildman–Crippen MR) is 134 cm³/mol. The Morgan fingerprint density at radius 3 is 2.38 bits per heavy atom. The lowest BCUT2D eigenvalue weighted by atomic mass is 9.62. The first kappa shape index (κ1) is 23.2. The summed E-state index contributed by atoms with van der Waals surface area (Å²) in [6, 6.07) is 13.3. The Bertz CT molecular complexity index is 916. The molecule has 1 aliphatic carbocycles. The Kier molecular flexibility index (Phi) is 6.89. The van der Waals surface area contributed by atoms with E-state index in [2.05, 4.69) is 79.2 Å². The van der Waals surface area contributed by atoms with Gasteiger partial charge in [0.15, 0.2) is 0 Å². The minimum Gasteiger partial charge on any atom is -0.395 e. The first-order valence-electron chi connectivity index (χ1n) is 12.2. The van der Waals surface area contributed by atoms with Gasteiger partial charge in [-0.05, 0) is 46.9 Å². The van der Waals surface area contributed by atoms with E-state index >= 15 is 0 Å². The molecule has 32 heavy (non-hydrogen) atoms. The number of aromatic nitrogens is 1. The van der Waals surface area contributed by atoms with Gasteiger partial charge in [0.25, 0.3) is 0 Å². The van der Waals surface area contributed by atoms with E-state index in [0.717, 1.165) is 50.8 Å². The molecule has 0 amide bonds. The van der Waals surface area contributed by atoms with Gasteiger partial charge < -0.3 is 15.3 Å². The molecule has 1 aromatic heterocycles. The number of hydrogen-bond donors (Lipinski definition) is 2. The highest BCUT2D eigenvalue weighted by molar-refractivity contribution is 5.70. The SMILES string of the molecule is CC1(C)CCC(C)(C)c2c(-c3cccc(N4CCN(CCNCCO)CC4)n3)cccc21. The molecule has 5 nitrogen and oxygen atoms in total. The zero-order valence-electron chi connectivity index (χ0n) is 20.3. The van der Waals surface area contributed by atoms with E-state index in [1.54, 1.807) is 0 Å². The Hall–Kier alpha value is -1.95. The van der Waals surface area contributed by atoms with Crippen LogP contribution in [0.25, 0.3) is 11.3 Å². The number of nitrogens with one attached hydrogen (secondary N) is 1. The van der Waals surface area contributed by atoms with Crippen molar-refractivity contribution in [3.8, 4) is 11.3 Å². The predicted octanol–water partition coefficient (Wildman–Crippen LogP) is 3.80. The molecule has 2 N–H and O–H groups in total. The Balaban J connectivity index is 1.53. The van der Waals surface area contributed by atoms with Crippen molar-refractivity contribution in [3.63, 3.8) is 0 Å². The molecular formula is C27H40N4O. The maximum Gasteiger partial charge on any atom is 0.129 e. The number of pyridine rings is 1. The third kappa shape index (κ3) is 4.85. The smallest absolute Gasteiger partial charge is 0.129 e. The van der Waals surface area contributed by atoms with Gasteiger partial charge in [-0.1, -0.05) is 52.0 Å². The molecule has 1 fully saturated rings. The van der Waals surface area contributed by atoms with Gasteiger partial charge in [-0.3, -0.25) is 4.90 Å². The van der Waals surface area contributed by atoms with Gasteiger partial charge in [0.2, 0.25) is 0 Å². The van der Waals surface area contributed by atoms with E-state index in [9.17, 15) is 0 Å². The average molecular weight is 437 g/mol.